The van der Waals surface area contributed by atoms with Crippen LogP contribution < -0.4 is 11.5 Å². The van der Waals surface area contributed by atoms with Gasteiger partial charge in [-0.3, -0.25) is 0 Å². The number of hydrogen-bond acceptors (Lipinski definition) is 4. The first-order valence-electron chi connectivity index (χ1n) is 12.1. The van der Waals surface area contributed by atoms with Crippen molar-refractivity contribution < 1.29 is 22.6 Å². The van der Waals surface area contributed by atoms with E-state index in [0.717, 1.165) is 11.1 Å². The van der Waals surface area contributed by atoms with E-state index in [-0.39, 0.29) is 30.6 Å². The summed E-state index contributed by atoms with van der Waals surface area (Å²) in [4.78, 5) is 0. The van der Waals surface area contributed by atoms with Crippen LogP contribution in [-0.4, -0.2) is 25.3 Å². The Hall–Kier alpha value is -3.20. The molecule has 4 aromatic carbocycles. The summed E-state index contributed by atoms with van der Waals surface area (Å²) < 4.78 is 53.3. The Kier molecular flexibility index (Phi) is 9.55. The first kappa shape index (κ1) is 27.8. The monoisotopic (exact) mass is 540 g/mol. The normalized spacial score (nSPS) is 13.9. The molecule has 0 aliphatic heterocycles. The van der Waals surface area contributed by atoms with E-state index >= 15 is 0 Å². The Morgan fingerprint density at radius 3 is 1.37 bits per heavy atom. The van der Waals surface area contributed by atoms with Crippen LogP contribution in [0, 0.1) is 17.5 Å². The summed E-state index contributed by atoms with van der Waals surface area (Å²) in [6.07, 6.45) is -1.86. The predicted molar refractivity (Wildman–Crippen MR) is 142 cm³/mol. The highest BCUT2D eigenvalue weighted by molar-refractivity contribution is 6.30. The second-order valence-corrected chi connectivity index (χ2v) is 9.31. The maximum absolute atomic E-state index is 13.6. The quantitative estimate of drug-likeness (QED) is 0.233. The van der Waals surface area contributed by atoms with Crippen LogP contribution in [0.5, 0.6) is 0 Å². The molecule has 0 radical (unpaired) electrons. The molecule has 0 fully saturated rings. The standard InChI is InChI=1S/C30H28ClF3N2O2/c31-23-9-1-19(2-10-23)29(20-3-11-24(32)12-4-20)37-18-27(36)28(17-35)38-30(21-5-13-25(33)14-6-21)22-7-15-26(34)16-8-22/h1-16,27-30H,17-18,35-36H2. The molecule has 0 aliphatic rings. The maximum Gasteiger partial charge on any atom is 0.123 e. The van der Waals surface area contributed by atoms with Crippen LogP contribution in [0.1, 0.15) is 34.5 Å². The molecular weight excluding hydrogens is 513 g/mol. The molecule has 0 aromatic heterocycles. The third-order valence-electron chi connectivity index (χ3n) is 6.17. The Balaban J connectivity index is 1.54. The van der Waals surface area contributed by atoms with Gasteiger partial charge in [-0.2, -0.15) is 0 Å². The van der Waals surface area contributed by atoms with Gasteiger partial charge in [-0.15, -0.1) is 0 Å². The van der Waals surface area contributed by atoms with Crippen LogP contribution in [-0.2, 0) is 9.47 Å². The van der Waals surface area contributed by atoms with Gasteiger partial charge < -0.3 is 20.9 Å². The lowest BCUT2D eigenvalue weighted by Gasteiger charge is -2.30. The van der Waals surface area contributed by atoms with Gasteiger partial charge in [-0.25, -0.2) is 13.2 Å². The van der Waals surface area contributed by atoms with Gasteiger partial charge in [0.15, 0.2) is 0 Å². The fourth-order valence-corrected chi connectivity index (χ4v) is 4.23. The van der Waals surface area contributed by atoms with Crippen LogP contribution in [0.25, 0.3) is 0 Å². The third-order valence-corrected chi connectivity index (χ3v) is 6.42. The van der Waals surface area contributed by atoms with Gasteiger partial charge in [-0.1, -0.05) is 60.1 Å². The lowest BCUT2D eigenvalue weighted by atomic mass is 10.00. The summed E-state index contributed by atoms with van der Waals surface area (Å²) in [5, 5.41) is 0.576. The zero-order valence-electron chi connectivity index (χ0n) is 20.4. The van der Waals surface area contributed by atoms with Crippen molar-refractivity contribution in [3.8, 4) is 0 Å². The van der Waals surface area contributed by atoms with Crippen molar-refractivity contribution in [1.29, 1.82) is 0 Å². The molecule has 0 spiro atoms. The number of nitrogens with two attached hydrogens (primary N) is 2. The van der Waals surface area contributed by atoms with Gasteiger partial charge in [0.2, 0.25) is 0 Å². The number of rotatable bonds is 11. The Bertz CT molecular complexity index is 1200. The van der Waals surface area contributed by atoms with Crippen molar-refractivity contribution in [2.45, 2.75) is 24.4 Å². The van der Waals surface area contributed by atoms with Crippen LogP contribution in [0.3, 0.4) is 0 Å². The van der Waals surface area contributed by atoms with Crippen molar-refractivity contribution in [2.24, 2.45) is 11.5 Å². The summed E-state index contributed by atoms with van der Waals surface area (Å²) in [7, 11) is 0. The minimum absolute atomic E-state index is 0.0616. The van der Waals surface area contributed by atoms with Crippen LogP contribution in [0.15, 0.2) is 97.1 Å². The first-order chi connectivity index (χ1) is 18.3. The topological polar surface area (TPSA) is 70.5 Å². The van der Waals surface area contributed by atoms with Gasteiger partial charge in [0.25, 0.3) is 0 Å². The lowest BCUT2D eigenvalue weighted by Crippen LogP contribution is -2.46. The average molecular weight is 541 g/mol. The highest BCUT2D eigenvalue weighted by atomic mass is 35.5. The van der Waals surface area contributed by atoms with E-state index in [1.165, 1.54) is 36.4 Å². The smallest absolute Gasteiger partial charge is 0.123 e. The molecule has 38 heavy (non-hydrogen) atoms. The molecule has 3 atom stereocenters. The van der Waals surface area contributed by atoms with E-state index in [0.29, 0.717) is 16.1 Å². The molecule has 0 amide bonds. The van der Waals surface area contributed by atoms with Crippen molar-refractivity contribution in [3.63, 3.8) is 0 Å². The van der Waals surface area contributed by atoms with Crippen molar-refractivity contribution in [2.75, 3.05) is 13.2 Å². The Labute approximate surface area is 224 Å². The molecule has 4 N–H and O–H groups in total. The maximum atomic E-state index is 13.6. The second-order valence-electron chi connectivity index (χ2n) is 8.87. The number of benzene rings is 4. The van der Waals surface area contributed by atoms with Gasteiger partial charge in [-0.05, 0) is 70.8 Å². The summed E-state index contributed by atoms with van der Waals surface area (Å²) in [5.41, 5.74) is 15.4. The van der Waals surface area contributed by atoms with Gasteiger partial charge in [0, 0.05) is 11.6 Å². The van der Waals surface area contributed by atoms with Gasteiger partial charge in [0.05, 0.1) is 18.8 Å². The van der Waals surface area contributed by atoms with E-state index in [1.54, 1.807) is 48.5 Å². The number of halogens is 4. The molecule has 0 saturated heterocycles. The first-order valence-corrected chi connectivity index (χ1v) is 12.5. The molecule has 4 aromatic rings. The Morgan fingerprint density at radius 2 is 0.974 bits per heavy atom. The van der Waals surface area contributed by atoms with Crippen molar-refractivity contribution in [1.82, 2.24) is 0 Å². The predicted octanol–water partition coefficient (Wildman–Crippen LogP) is 6.32. The molecule has 0 saturated carbocycles. The van der Waals surface area contributed by atoms with Crippen LogP contribution >= 0.6 is 11.6 Å². The fraction of sp³-hybridized carbons (Fsp3) is 0.200. The van der Waals surface area contributed by atoms with Crippen molar-refractivity contribution in [3.05, 3.63) is 142 Å². The highest BCUT2D eigenvalue weighted by Gasteiger charge is 2.26. The number of ether oxygens (including phenoxy) is 2. The van der Waals surface area contributed by atoms with Gasteiger partial charge in [0.1, 0.15) is 29.7 Å². The van der Waals surface area contributed by atoms with E-state index in [4.69, 9.17) is 32.5 Å². The minimum atomic E-state index is -0.667. The van der Waals surface area contributed by atoms with Crippen molar-refractivity contribution >= 4 is 11.6 Å². The molecule has 198 valence electrons. The third kappa shape index (κ3) is 7.22. The molecule has 4 rings (SSSR count). The van der Waals surface area contributed by atoms with E-state index in [1.807, 2.05) is 12.1 Å². The Morgan fingerprint density at radius 1 is 0.605 bits per heavy atom. The summed E-state index contributed by atoms with van der Waals surface area (Å²) in [5.74, 6) is -1.13. The fourth-order valence-electron chi connectivity index (χ4n) is 4.11. The number of hydrogen-bond donors (Lipinski definition) is 2. The summed E-state index contributed by atoms with van der Waals surface area (Å²) in [6.45, 7) is 0.137. The zero-order valence-corrected chi connectivity index (χ0v) is 21.2. The highest BCUT2D eigenvalue weighted by Crippen LogP contribution is 2.30. The van der Waals surface area contributed by atoms with E-state index in [9.17, 15) is 13.2 Å². The van der Waals surface area contributed by atoms with Crippen LogP contribution in [0.2, 0.25) is 5.02 Å². The van der Waals surface area contributed by atoms with E-state index < -0.39 is 24.4 Å². The second kappa shape index (κ2) is 13.0. The zero-order chi connectivity index (χ0) is 27.1. The summed E-state index contributed by atoms with van der Waals surface area (Å²) >= 11 is 6.06. The lowest BCUT2D eigenvalue weighted by molar-refractivity contribution is -0.0295. The molecule has 3 unspecified atom stereocenters. The molecule has 0 heterocycles. The molecule has 4 nitrogen and oxygen atoms in total. The average Bonchev–Trinajstić information content (AvgIpc) is 2.92. The molecule has 0 aliphatic carbocycles. The van der Waals surface area contributed by atoms with E-state index in [2.05, 4.69) is 0 Å². The van der Waals surface area contributed by atoms with Crippen LogP contribution in [0.4, 0.5) is 13.2 Å². The molecular formula is C30H28ClF3N2O2. The minimum Gasteiger partial charge on any atom is -0.367 e. The molecule has 0 bridgehead atoms. The van der Waals surface area contributed by atoms with Gasteiger partial charge >= 0.3 is 0 Å². The molecule has 8 heteroatoms. The summed E-state index contributed by atoms with van der Waals surface area (Å²) in [6, 6.07) is 24.3. The largest absolute Gasteiger partial charge is 0.367 e. The SMILES string of the molecule is NCC(OC(c1ccc(F)cc1)c1ccc(F)cc1)C(N)COC(c1ccc(F)cc1)c1ccc(Cl)cc1.